The predicted molar refractivity (Wildman–Crippen MR) is 57.1 cm³/mol. The standard InChI is InChI=1S/C11H11F2NO4/c1-14(5-11(16)17)10(15)6-18-9-3-2-7(12)4-8(9)13/h2-4H,5-6H2,1H3,(H,16,17). The zero-order chi connectivity index (χ0) is 13.7. The fourth-order valence-electron chi connectivity index (χ4n) is 1.13. The molecule has 1 aromatic rings. The molecule has 5 nitrogen and oxygen atoms in total. The van der Waals surface area contributed by atoms with Crippen LogP contribution in [0.25, 0.3) is 0 Å². The first-order valence-corrected chi connectivity index (χ1v) is 4.93. The molecule has 0 unspecified atom stereocenters. The summed E-state index contributed by atoms with van der Waals surface area (Å²) in [5.41, 5.74) is 0. The van der Waals surface area contributed by atoms with E-state index in [0.29, 0.717) is 6.07 Å². The van der Waals surface area contributed by atoms with Crippen molar-refractivity contribution in [1.29, 1.82) is 0 Å². The van der Waals surface area contributed by atoms with E-state index in [1.54, 1.807) is 0 Å². The highest BCUT2D eigenvalue weighted by molar-refractivity contribution is 5.82. The van der Waals surface area contributed by atoms with E-state index in [4.69, 9.17) is 9.84 Å². The third-order valence-corrected chi connectivity index (χ3v) is 2.04. The van der Waals surface area contributed by atoms with Gasteiger partial charge in [-0.1, -0.05) is 0 Å². The van der Waals surface area contributed by atoms with E-state index in [1.165, 1.54) is 7.05 Å². The first-order chi connectivity index (χ1) is 8.40. The van der Waals surface area contributed by atoms with E-state index in [0.717, 1.165) is 17.0 Å². The van der Waals surface area contributed by atoms with Crippen molar-refractivity contribution < 1.29 is 28.2 Å². The molecule has 18 heavy (non-hydrogen) atoms. The highest BCUT2D eigenvalue weighted by Gasteiger charge is 2.14. The van der Waals surface area contributed by atoms with Crippen LogP contribution in [0, 0.1) is 11.6 Å². The molecule has 0 aliphatic carbocycles. The van der Waals surface area contributed by atoms with Gasteiger partial charge in [-0.15, -0.1) is 0 Å². The predicted octanol–water partition coefficient (Wildman–Crippen LogP) is 0.887. The minimum atomic E-state index is -1.17. The van der Waals surface area contributed by atoms with Crippen LogP contribution >= 0.6 is 0 Å². The monoisotopic (exact) mass is 259 g/mol. The molecule has 0 spiro atoms. The highest BCUT2D eigenvalue weighted by atomic mass is 19.1. The summed E-state index contributed by atoms with van der Waals surface area (Å²) in [5.74, 6) is -3.74. The Labute approximate surface area is 102 Å². The Morgan fingerprint density at radius 1 is 1.39 bits per heavy atom. The molecular formula is C11H11F2NO4. The van der Waals surface area contributed by atoms with Crippen molar-refractivity contribution in [3.8, 4) is 5.75 Å². The SMILES string of the molecule is CN(CC(=O)O)C(=O)COc1ccc(F)cc1F. The largest absolute Gasteiger partial charge is 0.481 e. The maximum absolute atomic E-state index is 13.1. The van der Waals surface area contributed by atoms with Gasteiger partial charge in [0.05, 0.1) is 0 Å². The molecule has 1 rings (SSSR count). The molecule has 0 heterocycles. The molecule has 1 aromatic carbocycles. The van der Waals surface area contributed by atoms with Crippen LogP contribution in [0.5, 0.6) is 5.75 Å². The molecule has 0 radical (unpaired) electrons. The molecule has 7 heteroatoms. The van der Waals surface area contributed by atoms with Crippen molar-refractivity contribution in [2.45, 2.75) is 0 Å². The number of benzene rings is 1. The van der Waals surface area contributed by atoms with Crippen LogP contribution in [0.2, 0.25) is 0 Å². The molecule has 0 saturated heterocycles. The maximum atomic E-state index is 13.1. The molecule has 0 bridgehead atoms. The van der Waals surface area contributed by atoms with E-state index in [-0.39, 0.29) is 5.75 Å². The normalized spacial score (nSPS) is 9.94. The van der Waals surface area contributed by atoms with Gasteiger partial charge in [-0.3, -0.25) is 9.59 Å². The maximum Gasteiger partial charge on any atom is 0.323 e. The number of carboxylic acid groups (broad SMARTS) is 1. The Hall–Kier alpha value is -2.18. The van der Waals surface area contributed by atoms with Crippen molar-refractivity contribution in [1.82, 2.24) is 4.90 Å². The molecule has 0 aliphatic heterocycles. The summed E-state index contributed by atoms with van der Waals surface area (Å²) in [6, 6.07) is 2.67. The quantitative estimate of drug-likeness (QED) is 0.852. The van der Waals surface area contributed by atoms with Gasteiger partial charge >= 0.3 is 5.97 Å². The molecule has 0 saturated carbocycles. The van der Waals surface area contributed by atoms with Gasteiger partial charge in [-0.2, -0.15) is 0 Å². The second-order valence-corrected chi connectivity index (χ2v) is 3.51. The van der Waals surface area contributed by atoms with Crippen LogP contribution in [0.15, 0.2) is 18.2 Å². The van der Waals surface area contributed by atoms with Crippen molar-refractivity contribution in [3.05, 3.63) is 29.8 Å². The van der Waals surface area contributed by atoms with E-state index >= 15 is 0 Å². The molecule has 0 aliphatic rings. The van der Waals surface area contributed by atoms with Crippen molar-refractivity contribution in [3.63, 3.8) is 0 Å². The average molecular weight is 259 g/mol. The Morgan fingerprint density at radius 3 is 2.61 bits per heavy atom. The van der Waals surface area contributed by atoms with Gasteiger partial charge in [0.15, 0.2) is 18.2 Å². The van der Waals surface area contributed by atoms with E-state index in [9.17, 15) is 18.4 Å². The number of carbonyl (C=O) groups is 2. The number of ether oxygens (including phenoxy) is 1. The molecular weight excluding hydrogens is 248 g/mol. The number of nitrogens with zero attached hydrogens (tertiary/aromatic N) is 1. The molecule has 98 valence electrons. The number of carbonyl (C=O) groups excluding carboxylic acids is 1. The van der Waals surface area contributed by atoms with Crippen LogP contribution in [0.3, 0.4) is 0 Å². The van der Waals surface area contributed by atoms with E-state index < -0.39 is 36.7 Å². The zero-order valence-electron chi connectivity index (χ0n) is 9.52. The van der Waals surface area contributed by atoms with Gasteiger partial charge in [0.2, 0.25) is 0 Å². The lowest BCUT2D eigenvalue weighted by atomic mass is 10.3. The molecule has 0 fully saturated rings. The minimum Gasteiger partial charge on any atom is -0.481 e. The lowest BCUT2D eigenvalue weighted by molar-refractivity contribution is -0.144. The first kappa shape index (κ1) is 13.9. The zero-order valence-corrected chi connectivity index (χ0v) is 9.52. The summed E-state index contributed by atoms with van der Waals surface area (Å²) >= 11 is 0. The summed E-state index contributed by atoms with van der Waals surface area (Å²) in [5, 5.41) is 8.46. The number of halogens is 2. The Kier molecular flexibility index (Phi) is 4.59. The first-order valence-electron chi connectivity index (χ1n) is 4.93. The van der Waals surface area contributed by atoms with Gasteiger partial charge in [-0.05, 0) is 12.1 Å². The smallest absolute Gasteiger partial charge is 0.323 e. The Bertz CT molecular complexity index is 464. The summed E-state index contributed by atoms with van der Waals surface area (Å²) in [4.78, 5) is 22.6. The van der Waals surface area contributed by atoms with Crippen LogP contribution in [-0.4, -0.2) is 42.1 Å². The highest BCUT2D eigenvalue weighted by Crippen LogP contribution is 2.17. The van der Waals surface area contributed by atoms with E-state index in [2.05, 4.69) is 0 Å². The number of hydrogen-bond acceptors (Lipinski definition) is 3. The number of amides is 1. The molecule has 0 atom stereocenters. The molecule has 1 N–H and O–H groups in total. The third kappa shape index (κ3) is 4.00. The van der Waals surface area contributed by atoms with Crippen LogP contribution in [0.1, 0.15) is 0 Å². The lowest BCUT2D eigenvalue weighted by Crippen LogP contribution is -2.35. The van der Waals surface area contributed by atoms with Crippen LogP contribution < -0.4 is 4.74 Å². The van der Waals surface area contributed by atoms with Crippen molar-refractivity contribution in [2.24, 2.45) is 0 Å². The molecule has 0 aromatic heterocycles. The second kappa shape index (κ2) is 5.95. The second-order valence-electron chi connectivity index (χ2n) is 3.51. The lowest BCUT2D eigenvalue weighted by Gasteiger charge is -2.15. The van der Waals surface area contributed by atoms with Gasteiger partial charge in [0.1, 0.15) is 12.4 Å². The van der Waals surface area contributed by atoms with Gasteiger partial charge < -0.3 is 14.7 Å². The number of rotatable bonds is 5. The third-order valence-electron chi connectivity index (χ3n) is 2.04. The number of hydrogen-bond donors (Lipinski definition) is 1. The molecule has 1 amide bonds. The summed E-state index contributed by atoms with van der Waals surface area (Å²) in [6.45, 7) is -1.000. The van der Waals surface area contributed by atoms with Gasteiger partial charge in [-0.25, -0.2) is 8.78 Å². The topological polar surface area (TPSA) is 66.8 Å². The van der Waals surface area contributed by atoms with Crippen LogP contribution in [-0.2, 0) is 9.59 Å². The fraction of sp³-hybridized carbons (Fsp3) is 0.273. The Balaban J connectivity index is 2.54. The van der Waals surface area contributed by atoms with E-state index in [1.807, 2.05) is 0 Å². The Morgan fingerprint density at radius 2 is 2.06 bits per heavy atom. The average Bonchev–Trinajstić information content (AvgIpc) is 2.26. The minimum absolute atomic E-state index is 0.270. The summed E-state index contributed by atoms with van der Waals surface area (Å²) in [6.07, 6.45) is 0. The summed E-state index contributed by atoms with van der Waals surface area (Å²) in [7, 11) is 1.28. The number of carboxylic acids is 1. The number of likely N-dealkylation sites (N-methyl/N-ethyl adjacent to an activating group) is 1. The van der Waals surface area contributed by atoms with Crippen molar-refractivity contribution >= 4 is 11.9 Å². The van der Waals surface area contributed by atoms with Crippen molar-refractivity contribution in [2.75, 3.05) is 20.2 Å². The van der Waals surface area contributed by atoms with Crippen LogP contribution in [0.4, 0.5) is 8.78 Å². The number of aliphatic carboxylic acids is 1. The van der Waals surface area contributed by atoms with Gasteiger partial charge in [0.25, 0.3) is 5.91 Å². The fourth-order valence-corrected chi connectivity index (χ4v) is 1.13. The van der Waals surface area contributed by atoms with Gasteiger partial charge in [0, 0.05) is 13.1 Å². The summed E-state index contributed by atoms with van der Waals surface area (Å²) < 4.78 is 30.5.